The minimum absolute atomic E-state index is 0.124. The first-order chi connectivity index (χ1) is 12.3. The Bertz CT molecular complexity index is 803. The van der Waals surface area contributed by atoms with Crippen LogP contribution in [-0.4, -0.2) is 27.5 Å². The van der Waals surface area contributed by atoms with Crippen LogP contribution in [0.15, 0.2) is 22.1 Å². The van der Waals surface area contributed by atoms with E-state index in [4.69, 9.17) is 4.74 Å². The zero-order valence-corrected chi connectivity index (χ0v) is 17.2. The summed E-state index contributed by atoms with van der Waals surface area (Å²) in [6.45, 7) is 12.4. The van der Waals surface area contributed by atoms with Crippen molar-refractivity contribution in [3.05, 3.63) is 44.9 Å². The van der Waals surface area contributed by atoms with E-state index in [2.05, 4.69) is 56.9 Å². The van der Waals surface area contributed by atoms with Gasteiger partial charge >= 0.3 is 5.69 Å². The quantitative estimate of drug-likeness (QED) is 0.804. The molecular formula is C20H29N3O2S. The first kappa shape index (κ1) is 19.2. The molecule has 26 heavy (non-hydrogen) atoms. The average Bonchev–Trinajstić information content (AvgIpc) is 3.18. The van der Waals surface area contributed by atoms with Gasteiger partial charge in [0.15, 0.2) is 5.16 Å². The van der Waals surface area contributed by atoms with Crippen LogP contribution in [0.1, 0.15) is 55.9 Å². The van der Waals surface area contributed by atoms with Crippen molar-refractivity contribution in [2.45, 2.75) is 76.4 Å². The summed E-state index contributed by atoms with van der Waals surface area (Å²) < 4.78 is 7.39. The summed E-state index contributed by atoms with van der Waals surface area (Å²) in [5.74, 6) is 0.803. The Labute approximate surface area is 159 Å². The number of aromatic nitrogens is 3. The summed E-state index contributed by atoms with van der Waals surface area (Å²) in [7, 11) is 0. The molecule has 0 saturated carbocycles. The fourth-order valence-corrected chi connectivity index (χ4v) is 4.51. The van der Waals surface area contributed by atoms with Gasteiger partial charge in [-0.05, 0) is 54.4 Å². The van der Waals surface area contributed by atoms with E-state index in [0.29, 0.717) is 6.54 Å². The molecule has 0 radical (unpaired) electrons. The minimum atomic E-state index is -0.153. The monoisotopic (exact) mass is 375 g/mol. The van der Waals surface area contributed by atoms with Crippen molar-refractivity contribution in [3.8, 4) is 0 Å². The maximum Gasteiger partial charge on any atom is 0.344 e. The van der Waals surface area contributed by atoms with Gasteiger partial charge in [-0.2, -0.15) is 0 Å². The third-order valence-electron chi connectivity index (χ3n) is 5.04. The summed E-state index contributed by atoms with van der Waals surface area (Å²) in [4.78, 5) is 12.1. The highest BCUT2D eigenvalue weighted by Gasteiger charge is 2.20. The number of nitrogens with zero attached hydrogens (tertiary/aromatic N) is 2. The molecule has 6 heteroatoms. The van der Waals surface area contributed by atoms with Crippen molar-refractivity contribution < 1.29 is 4.74 Å². The summed E-state index contributed by atoms with van der Waals surface area (Å²) in [6, 6.07) is 4.57. The molecule has 142 valence electrons. The fraction of sp³-hybridized carbons (Fsp3) is 0.600. The van der Waals surface area contributed by atoms with Gasteiger partial charge in [-0.1, -0.05) is 44.7 Å². The number of thioether (sulfide) groups is 1. The van der Waals surface area contributed by atoms with Crippen LogP contribution in [0.5, 0.6) is 0 Å². The summed E-state index contributed by atoms with van der Waals surface area (Å²) in [6.07, 6.45) is 2.20. The van der Waals surface area contributed by atoms with Crippen LogP contribution in [0.2, 0.25) is 0 Å². The van der Waals surface area contributed by atoms with Crippen molar-refractivity contribution in [2.24, 2.45) is 0 Å². The second-order valence-corrected chi connectivity index (χ2v) is 9.13. The number of rotatable bonds is 5. The van der Waals surface area contributed by atoms with E-state index >= 15 is 0 Å². The normalized spacial score (nSPS) is 17.8. The van der Waals surface area contributed by atoms with Gasteiger partial charge in [-0.15, -0.1) is 5.10 Å². The molecule has 2 heterocycles. The van der Waals surface area contributed by atoms with Gasteiger partial charge in [0, 0.05) is 12.4 Å². The van der Waals surface area contributed by atoms with Crippen LogP contribution < -0.4 is 5.69 Å². The van der Waals surface area contributed by atoms with Crippen LogP contribution >= 0.6 is 11.8 Å². The molecule has 1 fully saturated rings. The summed E-state index contributed by atoms with van der Waals surface area (Å²) in [5, 5.41) is 7.55. The molecule has 1 N–H and O–H groups in total. The molecule has 0 amide bonds. The molecule has 0 spiro atoms. The Balaban J connectivity index is 1.76. The van der Waals surface area contributed by atoms with Gasteiger partial charge in [0.25, 0.3) is 0 Å². The Kier molecular flexibility index (Phi) is 5.63. The third kappa shape index (κ3) is 4.23. The number of aromatic amines is 1. The highest BCUT2D eigenvalue weighted by atomic mass is 32.2. The highest BCUT2D eigenvalue weighted by molar-refractivity contribution is 7.98. The summed E-state index contributed by atoms with van der Waals surface area (Å²) >= 11 is 1.61. The van der Waals surface area contributed by atoms with Crippen LogP contribution in [0.3, 0.4) is 0 Å². The van der Waals surface area contributed by atoms with Crippen molar-refractivity contribution in [1.29, 1.82) is 0 Å². The lowest BCUT2D eigenvalue weighted by atomic mass is 9.84. The largest absolute Gasteiger partial charge is 0.376 e. The number of nitrogens with one attached hydrogen (secondary N) is 1. The Hall–Kier alpha value is -1.53. The molecule has 0 aliphatic carbocycles. The molecule has 1 atom stereocenters. The first-order valence-electron chi connectivity index (χ1n) is 9.26. The van der Waals surface area contributed by atoms with E-state index in [-0.39, 0.29) is 17.2 Å². The lowest BCUT2D eigenvalue weighted by Crippen LogP contribution is -2.25. The topological polar surface area (TPSA) is 59.9 Å². The maximum atomic E-state index is 12.1. The maximum absolute atomic E-state index is 12.1. The van der Waals surface area contributed by atoms with E-state index in [9.17, 15) is 4.79 Å². The Morgan fingerprint density at radius 3 is 2.58 bits per heavy atom. The number of ether oxygens (including phenoxy) is 1. The molecule has 3 rings (SSSR count). The van der Waals surface area contributed by atoms with Crippen molar-refractivity contribution in [2.75, 3.05) is 6.61 Å². The van der Waals surface area contributed by atoms with E-state index in [1.54, 1.807) is 16.3 Å². The average molecular weight is 376 g/mol. The van der Waals surface area contributed by atoms with Gasteiger partial charge < -0.3 is 4.74 Å². The number of aryl methyl sites for hydroxylation is 2. The van der Waals surface area contributed by atoms with Crippen molar-refractivity contribution in [3.63, 3.8) is 0 Å². The number of H-pyrrole nitrogens is 1. The zero-order valence-electron chi connectivity index (χ0n) is 16.4. The molecule has 1 aliphatic heterocycles. The molecular weight excluding hydrogens is 346 g/mol. The van der Waals surface area contributed by atoms with Gasteiger partial charge in [-0.25, -0.2) is 9.89 Å². The molecule has 5 nitrogen and oxygen atoms in total. The smallest absolute Gasteiger partial charge is 0.344 e. The second-order valence-electron chi connectivity index (χ2n) is 8.18. The Morgan fingerprint density at radius 2 is 2.00 bits per heavy atom. The second kappa shape index (κ2) is 7.61. The predicted molar refractivity (Wildman–Crippen MR) is 106 cm³/mol. The lowest BCUT2D eigenvalue weighted by molar-refractivity contribution is 0.0941. The fourth-order valence-electron chi connectivity index (χ4n) is 3.36. The molecule has 1 aliphatic rings. The SMILES string of the molecule is Cc1cc(C(C)(C)C)cc(C)c1CSc1n[nH]c(=O)n1CC1CCCO1. The zero-order chi connectivity index (χ0) is 18.9. The molecule has 1 unspecified atom stereocenters. The molecule has 0 bridgehead atoms. The van der Waals surface area contributed by atoms with Gasteiger partial charge in [0.05, 0.1) is 12.6 Å². The number of hydrogen-bond acceptors (Lipinski definition) is 4. The predicted octanol–water partition coefficient (Wildman–Crippen LogP) is 3.96. The van der Waals surface area contributed by atoms with Gasteiger partial charge in [-0.3, -0.25) is 4.57 Å². The van der Waals surface area contributed by atoms with Crippen LogP contribution in [0, 0.1) is 13.8 Å². The van der Waals surface area contributed by atoms with Crippen molar-refractivity contribution in [1.82, 2.24) is 14.8 Å². The number of hydrogen-bond donors (Lipinski definition) is 1. The summed E-state index contributed by atoms with van der Waals surface area (Å²) in [5.41, 5.74) is 5.26. The lowest BCUT2D eigenvalue weighted by Gasteiger charge is -2.22. The molecule has 1 saturated heterocycles. The third-order valence-corrected chi connectivity index (χ3v) is 6.04. The van der Waals surface area contributed by atoms with Crippen molar-refractivity contribution >= 4 is 11.8 Å². The van der Waals surface area contributed by atoms with E-state index < -0.39 is 0 Å². The van der Waals surface area contributed by atoms with E-state index in [1.807, 2.05) is 0 Å². The standard InChI is InChI=1S/C20H29N3O2S/c1-13-9-15(20(3,4)5)10-14(2)17(13)12-26-19-22-21-18(24)23(19)11-16-7-6-8-25-16/h9-10,16H,6-8,11-12H2,1-5H3,(H,21,24). The Morgan fingerprint density at radius 1 is 1.31 bits per heavy atom. The number of benzene rings is 1. The molecule has 2 aromatic rings. The van der Waals surface area contributed by atoms with E-state index in [0.717, 1.165) is 30.4 Å². The molecule has 1 aromatic carbocycles. The van der Waals surface area contributed by atoms with E-state index in [1.165, 1.54) is 22.3 Å². The van der Waals surface area contributed by atoms with Gasteiger partial charge in [0.2, 0.25) is 0 Å². The van der Waals surface area contributed by atoms with Crippen LogP contribution in [-0.2, 0) is 22.4 Å². The van der Waals surface area contributed by atoms with Crippen LogP contribution in [0.4, 0.5) is 0 Å². The van der Waals surface area contributed by atoms with Crippen LogP contribution in [0.25, 0.3) is 0 Å². The molecule has 1 aromatic heterocycles. The van der Waals surface area contributed by atoms with Gasteiger partial charge in [0.1, 0.15) is 0 Å². The highest BCUT2D eigenvalue weighted by Crippen LogP contribution is 2.30. The minimum Gasteiger partial charge on any atom is -0.376 e. The first-order valence-corrected chi connectivity index (χ1v) is 10.2.